The van der Waals surface area contributed by atoms with Crippen molar-refractivity contribution in [3.63, 3.8) is 0 Å². The van der Waals surface area contributed by atoms with Crippen LogP contribution in [0.2, 0.25) is 0 Å². The normalized spacial score (nSPS) is 19.1. The summed E-state index contributed by atoms with van der Waals surface area (Å²) in [6.45, 7) is 0. The molecule has 5 heterocycles. The molecule has 0 saturated carbocycles. The second-order valence-corrected chi connectivity index (χ2v) is 7.91. The predicted molar refractivity (Wildman–Crippen MR) is 114 cm³/mol. The summed E-state index contributed by atoms with van der Waals surface area (Å²) < 4.78 is 15.8. The summed E-state index contributed by atoms with van der Waals surface area (Å²) >= 11 is 0. The van der Waals surface area contributed by atoms with Crippen molar-refractivity contribution in [2.45, 2.75) is 25.1 Å². The second kappa shape index (κ2) is 6.68. The van der Waals surface area contributed by atoms with Crippen molar-refractivity contribution < 1.29 is 18.8 Å². The van der Waals surface area contributed by atoms with Gasteiger partial charge in [0.25, 0.3) is 5.91 Å². The molecule has 0 bridgehead atoms. The summed E-state index contributed by atoms with van der Waals surface area (Å²) in [5.41, 5.74) is 1.71. The number of nitrogens with zero attached hydrogens (tertiary/aromatic N) is 3. The van der Waals surface area contributed by atoms with Crippen LogP contribution in [0, 0.1) is 0 Å². The average molecular weight is 429 g/mol. The highest BCUT2D eigenvalue weighted by molar-refractivity contribution is 6.26. The van der Waals surface area contributed by atoms with Gasteiger partial charge in [-0.2, -0.15) is 0 Å². The topological polar surface area (TPSA) is 108 Å². The Morgan fingerprint density at radius 3 is 2.75 bits per heavy atom. The Morgan fingerprint density at radius 2 is 1.91 bits per heavy atom. The first kappa shape index (κ1) is 18.6. The van der Waals surface area contributed by atoms with Gasteiger partial charge in [0, 0.05) is 46.9 Å². The zero-order valence-electron chi connectivity index (χ0n) is 16.6. The molecule has 2 atom stereocenters. The van der Waals surface area contributed by atoms with Gasteiger partial charge in [-0.15, -0.1) is 0 Å². The number of halogens is 1. The fourth-order valence-corrected chi connectivity index (χ4v) is 4.66. The molecule has 9 heteroatoms. The van der Waals surface area contributed by atoms with Crippen molar-refractivity contribution in [2.75, 3.05) is 4.90 Å². The van der Waals surface area contributed by atoms with E-state index in [1.807, 2.05) is 0 Å². The van der Waals surface area contributed by atoms with Crippen molar-refractivity contribution in [3.8, 4) is 0 Å². The van der Waals surface area contributed by atoms with Crippen LogP contribution < -0.4 is 10.2 Å². The van der Waals surface area contributed by atoms with Gasteiger partial charge in [0.15, 0.2) is 6.17 Å². The fourth-order valence-electron chi connectivity index (χ4n) is 4.66. The van der Waals surface area contributed by atoms with Gasteiger partial charge in [0.05, 0.1) is 5.56 Å². The molecule has 1 aromatic carbocycles. The van der Waals surface area contributed by atoms with Gasteiger partial charge < -0.3 is 4.98 Å². The van der Waals surface area contributed by atoms with Crippen LogP contribution in [0.5, 0.6) is 0 Å². The third kappa shape index (κ3) is 2.51. The predicted octanol–water partition coefficient (Wildman–Crippen LogP) is 2.94. The Labute approximate surface area is 180 Å². The number of hydrogen-bond donors (Lipinski definition) is 2. The Balaban J connectivity index is 1.49. The summed E-state index contributed by atoms with van der Waals surface area (Å²) in [7, 11) is 0. The van der Waals surface area contributed by atoms with Gasteiger partial charge >= 0.3 is 0 Å². The molecule has 0 aliphatic carbocycles. The zero-order chi connectivity index (χ0) is 22.0. The summed E-state index contributed by atoms with van der Waals surface area (Å²) in [4.78, 5) is 50.1. The number of carbonyl (C=O) groups is 3. The zero-order valence-corrected chi connectivity index (χ0v) is 16.6. The summed E-state index contributed by atoms with van der Waals surface area (Å²) in [6, 6.07) is 7.79. The molecule has 158 valence electrons. The van der Waals surface area contributed by atoms with E-state index in [1.54, 1.807) is 42.7 Å². The number of H-pyrrole nitrogens is 1. The molecule has 1 saturated heterocycles. The number of nitrogens with one attached hydrogen (secondary N) is 2. The minimum Gasteiger partial charge on any atom is -0.346 e. The van der Waals surface area contributed by atoms with Gasteiger partial charge in [-0.05, 0) is 30.0 Å². The highest BCUT2D eigenvalue weighted by Crippen LogP contribution is 2.42. The molecule has 3 amide bonds. The highest BCUT2D eigenvalue weighted by Gasteiger charge is 2.42. The van der Waals surface area contributed by atoms with Crippen LogP contribution >= 0.6 is 0 Å². The average Bonchev–Trinajstić information content (AvgIpc) is 3.35. The standard InChI is InChI=1S/C23H16FN5O3/c24-19(15-9-26-20-12(15)5-2-8-25-20)14-10-27-21-18-11(14)3-1-4-13(18)23(32)29(21)16-6-7-17(30)28-22(16)31/h1-5,8-10,16,19H,6-7H2,(H,25,26)(H,28,30,31). The van der Waals surface area contributed by atoms with E-state index < -0.39 is 18.1 Å². The number of benzene rings is 1. The van der Waals surface area contributed by atoms with E-state index in [2.05, 4.69) is 20.3 Å². The molecule has 1 fully saturated rings. The maximum absolute atomic E-state index is 15.8. The van der Waals surface area contributed by atoms with Crippen LogP contribution in [-0.4, -0.2) is 38.7 Å². The third-order valence-electron chi connectivity index (χ3n) is 6.15. The number of rotatable bonds is 3. The summed E-state index contributed by atoms with van der Waals surface area (Å²) in [6.07, 6.45) is 3.49. The Hall–Kier alpha value is -4.14. The van der Waals surface area contributed by atoms with Crippen LogP contribution in [0.4, 0.5) is 10.2 Å². The lowest BCUT2D eigenvalue weighted by Gasteiger charge is -2.29. The van der Waals surface area contributed by atoms with E-state index in [-0.39, 0.29) is 24.7 Å². The molecule has 2 N–H and O–H groups in total. The molecule has 32 heavy (non-hydrogen) atoms. The van der Waals surface area contributed by atoms with E-state index in [9.17, 15) is 14.4 Å². The molecule has 3 aromatic heterocycles. The van der Waals surface area contributed by atoms with E-state index in [1.165, 1.54) is 11.1 Å². The van der Waals surface area contributed by atoms with Gasteiger partial charge in [-0.3, -0.25) is 24.6 Å². The van der Waals surface area contributed by atoms with E-state index in [0.717, 1.165) is 0 Å². The minimum atomic E-state index is -1.50. The van der Waals surface area contributed by atoms with E-state index >= 15 is 4.39 Å². The van der Waals surface area contributed by atoms with Crippen LogP contribution in [-0.2, 0) is 9.59 Å². The molecule has 6 rings (SSSR count). The molecule has 2 aliphatic heterocycles. The molecule has 0 spiro atoms. The number of hydrogen-bond acceptors (Lipinski definition) is 5. The van der Waals surface area contributed by atoms with Crippen molar-refractivity contribution in [1.82, 2.24) is 20.3 Å². The lowest BCUT2D eigenvalue weighted by molar-refractivity contribution is -0.134. The smallest absolute Gasteiger partial charge is 0.260 e. The number of alkyl halides is 1. The van der Waals surface area contributed by atoms with Crippen molar-refractivity contribution >= 4 is 45.3 Å². The van der Waals surface area contributed by atoms with Gasteiger partial charge in [-0.25, -0.2) is 14.4 Å². The number of carbonyl (C=O) groups excluding carboxylic acids is 3. The van der Waals surface area contributed by atoms with Crippen molar-refractivity contribution in [1.29, 1.82) is 0 Å². The number of amides is 3. The van der Waals surface area contributed by atoms with Crippen LogP contribution in [0.1, 0.15) is 40.5 Å². The summed E-state index contributed by atoms with van der Waals surface area (Å²) in [5.74, 6) is -0.962. The lowest BCUT2D eigenvalue weighted by atomic mass is 9.97. The number of aromatic amines is 1. The van der Waals surface area contributed by atoms with Gasteiger partial charge in [0.1, 0.15) is 17.5 Å². The van der Waals surface area contributed by atoms with Gasteiger partial charge in [0.2, 0.25) is 11.8 Å². The summed E-state index contributed by atoms with van der Waals surface area (Å²) in [5, 5.41) is 4.02. The number of pyridine rings is 2. The minimum absolute atomic E-state index is 0.138. The van der Waals surface area contributed by atoms with E-state index in [0.29, 0.717) is 44.3 Å². The van der Waals surface area contributed by atoms with E-state index in [4.69, 9.17) is 0 Å². The first-order chi connectivity index (χ1) is 15.5. The maximum Gasteiger partial charge on any atom is 0.260 e. The van der Waals surface area contributed by atoms with Gasteiger partial charge in [-0.1, -0.05) is 12.1 Å². The number of piperidine rings is 1. The van der Waals surface area contributed by atoms with Crippen LogP contribution in [0.3, 0.4) is 0 Å². The molecular formula is C23H16FN5O3. The highest BCUT2D eigenvalue weighted by atomic mass is 19.1. The molecule has 4 aromatic rings. The number of fused-ring (bicyclic) bond motifs is 1. The third-order valence-corrected chi connectivity index (χ3v) is 6.15. The monoisotopic (exact) mass is 429 g/mol. The first-order valence-corrected chi connectivity index (χ1v) is 10.2. The second-order valence-electron chi connectivity index (χ2n) is 7.91. The molecule has 8 nitrogen and oxygen atoms in total. The molecule has 0 radical (unpaired) electrons. The Morgan fingerprint density at radius 1 is 1.06 bits per heavy atom. The van der Waals surface area contributed by atoms with Crippen molar-refractivity contribution in [3.05, 3.63) is 65.6 Å². The Bertz CT molecular complexity index is 1460. The number of aromatic nitrogens is 3. The lowest BCUT2D eigenvalue weighted by Crippen LogP contribution is -2.53. The Kier molecular flexibility index (Phi) is 3.89. The molecule has 2 unspecified atom stereocenters. The number of imide groups is 1. The van der Waals surface area contributed by atoms with Crippen molar-refractivity contribution in [2.24, 2.45) is 0 Å². The fraction of sp³-hybridized carbons (Fsp3) is 0.174. The molecular weight excluding hydrogens is 413 g/mol. The first-order valence-electron chi connectivity index (χ1n) is 10.2. The van der Waals surface area contributed by atoms with Crippen LogP contribution in [0.15, 0.2) is 48.9 Å². The molecule has 2 aliphatic rings. The largest absolute Gasteiger partial charge is 0.346 e. The van der Waals surface area contributed by atoms with Crippen LogP contribution in [0.25, 0.3) is 21.8 Å². The number of anilines is 1. The SMILES string of the molecule is O=C1CCC(N2C(=O)c3cccc4c(C(F)c5c[nH]c6ncccc56)cnc2c34)C(=O)N1. The quantitative estimate of drug-likeness (QED) is 0.487. The maximum atomic E-state index is 15.8.